The van der Waals surface area contributed by atoms with Crippen molar-refractivity contribution in [2.24, 2.45) is 5.92 Å². The van der Waals surface area contributed by atoms with Gasteiger partial charge in [0.15, 0.2) is 0 Å². The van der Waals surface area contributed by atoms with E-state index < -0.39 is 12.6 Å². The van der Waals surface area contributed by atoms with Gasteiger partial charge in [0.05, 0.1) is 6.10 Å². The highest BCUT2D eigenvalue weighted by Crippen LogP contribution is 2.22. The fraction of sp³-hybridized carbons (Fsp3) is 1.00. The molecular weight excluding hydrogens is 181 g/mol. The average Bonchev–Trinajstić information content (AvgIpc) is 1.95. The predicted molar refractivity (Wildman–Crippen MR) is 45.5 cm³/mol. The van der Waals surface area contributed by atoms with Crippen LogP contribution in [0, 0.1) is 5.92 Å². The molecule has 0 radical (unpaired) electrons. The average molecular weight is 198 g/mol. The van der Waals surface area contributed by atoms with E-state index in [2.05, 4.69) is 0 Å². The van der Waals surface area contributed by atoms with Gasteiger partial charge in [-0.2, -0.15) is 13.2 Å². The molecule has 0 saturated carbocycles. The van der Waals surface area contributed by atoms with E-state index in [1.54, 1.807) is 6.92 Å². The Morgan fingerprint density at radius 3 is 2.08 bits per heavy atom. The van der Waals surface area contributed by atoms with E-state index in [4.69, 9.17) is 4.74 Å². The topological polar surface area (TPSA) is 9.23 Å². The van der Waals surface area contributed by atoms with Gasteiger partial charge in [0.25, 0.3) is 0 Å². The second kappa shape index (κ2) is 5.47. The number of hydrogen-bond donors (Lipinski definition) is 0. The molecule has 0 aromatic rings. The molecule has 1 atom stereocenters. The predicted octanol–water partition coefficient (Wildman–Crippen LogP) is 3.39. The van der Waals surface area contributed by atoms with E-state index in [1.807, 2.05) is 13.8 Å². The van der Waals surface area contributed by atoms with Gasteiger partial charge < -0.3 is 4.74 Å². The van der Waals surface area contributed by atoms with Crippen LogP contribution in [0.1, 0.15) is 33.6 Å². The summed E-state index contributed by atoms with van der Waals surface area (Å²) in [7, 11) is 0. The van der Waals surface area contributed by atoms with Gasteiger partial charge in [-0.05, 0) is 19.3 Å². The van der Waals surface area contributed by atoms with Crippen molar-refractivity contribution >= 4 is 0 Å². The molecular formula is C9H17F3O. The molecule has 0 bridgehead atoms. The Morgan fingerprint density at radius 2 is 1.69 bits per heavy atom. The standard InChI is InChI=1S/C9H17F3O/c1-7(2)6-13-8(3)4-5-9(10,11)12/h7-8H,4-6H2,1-3H3. The summed E-state index contributed by atoms with van der Waals surface area (Å²) in [5.74, 6) is 0.369. The highest BCUT2D eigenvalue weighted by atomic mass is 19.4. The highest BCUT2D eigenvalue weighted by molar-refractivity contribution is 4.57. The first-order chi connectivity index (χ1) is 5.81. The van der Waals surface area contributed by atoms with Crippen molar-refractivity contribution in [3.8, 4) is 0 Å². The lowest BCUT2D eigenvalue weighted by atomic mass is 10.2. The second-order valence-electron chi connectivity index (χ2n) is 3.69. The molecule has 0 aliphatic heterocycles. The molecule has 0 aliphatic rings. The minimum atomic E-state index is -4.06. The molecule has 0 heterocycles. The molecule has 0 aromatic heterocycles. The van der Waals surface area contributed by atoms with E-state index >= 15 is 0 Å². The Hall–Kier alpha value is -0.250. The lowest BCUT2D eigenvalue weighted by molar-refractivity contribution is -0.141. The minimum Gasteiger partial charge on any atom is -0.378 e. The molecule has 1 unspecified atom stereocenters. The largest absolute Gasteiger partial charge is 0.389 e. The molecule has 0 aromatic carbocycles. The van der Waals surface area contributed by atoms with Crippen molar-refractivity contribution in [3.05, 3.63) is 0 Å². The van der Waals surface area contributed by atoms with Crippen LogP contribution in [0.15, 0.2) is 0 Å². The summed E-state index contributed by atoms with van der Waals surface area (Å²) in [4.78, 5) is 0. The summed E-state index contributed by atoms with van der Waals surface area (Å²) in [6, 6.07) is 0. The van der Waals surface area contributed by atoms with Crippen molar-refractivity contribution in [1.82, 2.24) is 0 Å². The van der Waals surface area contributed by atoms with Crippen molar-refractivity contribution in [2.75, 3.05) is 6.61 Å². The maximum absolute atomic E-state index is 11.8. The summed E-state index contributed by atoms with van der Waals surface area (Å²) in [5, 5.41) is 0. The van der Waals surface area contributed by atoms with Gasteiger partial charge in [-0.15, -0.1) is 0 Å². The molecule has 80 valence electrons. The quantitative estimate of drug-likeness (QED) is 0.658. The van der Waals surface area contributed by atoms with Gasteiger partial charge in [0.2, 0.25) is 0 Å². The third-order valence-corrected chi connectivity index (χ3v) is 1.55. The zero-order chi connectivity index (χ0) is 10.5. The van der Waals surface area contributed by atoms with E-state index in [0.29, 0.717) is 12.5 Å². The van der Waals surface area contributed by atoms with Gasteiger partial charge in [0, 0.05) is 13.0 Å². The fourth-order valence-electron chi connectivity index (χ4n) is 0.807. The maximum Gasteiger partial charge on any atom is 0.389 e. The maximum atomic E-state index is 11.8. The summed E-state index contributed by atoms with van der Waals surface area (Å²) < 4.78 is 40.5. The van der Waals surface area contributed by atoms with Crippen LogP contribution in [-0.4, -0.2) is 18.9 Å². The molecule has 0 spiro atoms. The Balaban J connectivity index is 3.46. The van der Waals surface area contributed by atoms with Crippen LogP contribution < -0.4 is 0 Å². The lowest BCUT2D eigenvalue weighted by Gasteiger charge is -2.15. The first-order valence-corrected chi connectivity index (χ1v) is 4.49. The third-order valence-electron chi connectivity index (χ3n) is 1.55. The number of rotatable bonds is 5. The van der Waals surface area contributed by atoms with Crippen LogP contribution in [-0.2, 0) is 4.74 Å². The zero-order valence-corrected chi connectivity index (χ0v) is 8.32. The molecule has 0 N–H and O–H groups in total. The Kier molecular flexibility index (Phi) is 5.37. The van der Waals surface area contributed by atoms with Gasteiger partial charge >= 0.3 is 6.18 Å². The minimum absolute atomic E-state index is 0.0518. The monoisotopic (exact) mass is 198 g/mol. The normalized spacial score (nSPS) is 15.0. The molecule has 0 saturated heterocycles. The van der Waals surface area contributed by atoms with E-state index in [1.165, 1.54) is 0 Å². The third kappa shape index (κ3) is 9.67. The van der Waals surface area contributed by atoms with Crippen LogP contribution in [0.4, 0.5) is 13.2 Å². The molecule has 0 rings (SSSR count). The van der Waals surface area contributed by atoms with Crippen LogP contribution in [0.2, 0.25) is 0 Å². The van der Waals surface area contributed by atoms with Crippen molar-refractivity contribution in [2.45, 2.75) is 45.9 Å². The Bertz CT molecular complexity index is 131. The van der Waals surface area contributed by atoms with Gasteiger partial charge in [0.1, 0.15) is 0 Å². The van der Waals surface area contributed by atoms with Crippen molar-refractivity contribution < 1.29 is 17.9 Å². The Labute approximate surface area is 77.3 Å². The SMILES string of the molecule is CC(C)COC(C)CCC(F)(F)F. The van der Waals surface area contributed by atoms with Crippen LogP contribution in [0.3, 0.4) is 0 Å². The van der Waals surface area contributed by atoms with Crippen LogP contribution in [0.25, 0.3) is 0 Å². The van der Waals surface area contributed by atoms with E-state index in [0.717, 1.165) is 0 Å². The lowest BCUT2D eigenvalue weighted by Crippen LogP contribution is -2.16. The summed E-state index contributed by atoms with van der Waals surface area (Å²) in [6.07, 6.45) is -5.07. The number of ether oxygens (including phenoxy) is 1. The van der Waals surface area contributed by atoms with Crippen molar-refractivity contribution in [1.29, 1.82) is 0 Å². The molecule has 0 aliphatic carbocycles. The van der Waals surface area contributed by atoms with Crippen molar-refractivity contribution in [3.63, 3.8) is 0 Å². The molecule has 13 heavy (non-hydrogen) atoms. The molecule has 0 amide bonds. The number of halogens is 3. The summed E-state index contributed by atoms with van der Waals surface area (Å²) >= 11 is 0. The van der Waals surface area contributed by atoms with Crippen LogP contribution in [0.5, 0.6) is 0 Å². The first kappa shape index (κ1) is 12.8. The van der Waals surface area contributed by atoms with Crippen LogP contribution >= 0.6 is 0 Å². The Morgan fingerprint density at radius 1 is 1.15 bits per heavy atom. The van der Waals surface area contributed by atoms with E-state index in [-0.39, 0.29) is 12.5 Å². The summed E-state index contributed by atoms with van der Waals surface area (Å²) in [6.45, 7) is 6.14. The van der Waals surface area contributed by atoms with Gasteiger partial charge in [-0.25, -0.2) is 0 Å². The molecule has 4 heteroatoms. The fourth-order valence-corrected chi connectivity index (χ4v) is 0.807. The highest BCUT2D eigenvalue weighted by Gasteiger charge is 2.27. The van der Waals surface area contributed by atoms with E-state index in [9.17, 15) is 13.2 Å². The number of hydrogen-bond acceptors (Lipinski definition) is 1. The molecule has 0 fully saturated rings. The second-order valence-corrected chi connectivity index (χ2v) is 3.69. The first-order valence-electron chi connectivity index (χ1n) is 4.49. The van der Waals surface area contributed by atoms with Gasteiger partial charge in [-0.3, -0.25) is 0 Å². The molecule has 1 nitrogen and oxygen atoms in total. The van der Waals surface area contributed by atoms with Gasteiger partial charge in [-0.1, -0.05) is 13.8 Å². The summed E-state index contributed by atoms with van der Waals surface area (Å²) in [5.41, 5.74) is 0. The zero-order valence-electron chi connectivity index (χ0n) is 8.32. The number of alkyl halides is 3. The smallest absolute Gasteiger partial charge is 0.378 e.